The Kier molecular flexibility index (Phi) is 7.54. The molecule has 1 amide bonds. The van der Waals surface area contributed by atoms with Gasteiger partial charge in [-0.05, 0) is 31.8 Å². The van der Waals surface area contributed by atoms with Crippen LogP contribution >= 0.6 is 0 Å². The quantitative estimate of drug-likeness (QED) is 0.613. The van der Waals surface area contributed by atoms with Gasteiger partial charge < -0.3 is 20.5 Å². The van der Waals surface area contributed by atoms with Crippen LogP contribution in [0.2, 0.25) is 0 Å². The molecule has 6 heteroatoms. The van der Waals surface area contributed by atoms with Crippen LogP contribution in [0.25, 0.3) is 0 Å². The van der Waals surface area contributed by atoms with Crippen molar-refractivity contribution < 1.29 is 19.4 Å². The maximum absolute atomic E-state index is 11.8. The third-order valence-electron chi connectivity index (χ3n) is 3.76. The highest BCUT2D eigenvalue weighted by molar-refractivity contribution is 5.83. The Hall–Kier alpha value is -1.14. The summed E-state index contributed by atoms with van der Waals surface area (Å²) in [6, 6.07) is -0.814. The van der Waals surface area contributed by atoms with Crippen LogP contribution in [0.5, 0.6) is 0 Å². The SMILES string of the molecule is CC[C@H](C)[C@H](NC(=O)CCOC1CCNCC1)C(=O)O. The van der Waals surface area contributed by atoms with E-state index in [9.17, 15) is 9.59 Å². The molecule has 0 aromatic heterocycles. The number of hydrogen-bond acceptors (Lipinski definition) is 4. The largest absolute Gasteiger partial charge is 0.480 e. The van der Waals surface area contributed by atoms with Crippen molar-refractivity contribution >= 4 is 11.9 Å². The first kappa shape index (κ1) is 16.9. The number of amides is 1. The Morgan fingerprint density at radius 3 is 2.60 bits per heavy atom. The molecule has 0 aromatic rings. The van der Waals surface area contributed by atoms with Gasteiger partial charge in [-0.2, -0.15) is 0 Å². The molecule has 0 radical (unpaired) electrons. The molecule has 1 saturated heterocycles. The molecular weight excluding hydrogens is 260 g/mol. The second-order valence-electron chi connectivity index (χ2n) is 5.34. The Morgan fingerprint density at radius 1 is 1.40 bits per heavy atom. The molecule has 1 heterocycles. The Balaban J connectivity index is 2.25. The molecule has 2 atom stereocenters. The second kappa shape index (κ2) is 8.92. The molecule has 1 aliphatic heterocycles. The van der Waals surface area contributed by atoms with E-state index in [-0.39, 0.29) is 24.3 Å². The van der Waals surface area contributed by atoms with E-state index in [0.29, 0.717) is 13.0 Å². The number of rotatable bonds is 8. The second-order valence-corrected chi connectivity index (χ2v) is 5.34. The summed E-state index contributed by atoms with van der Waals surface area (Å²) in [5.41, 5.74) is 0. The van der Waals surface area contributed by atoms with Crippen LogP contribution in [0.3, 0.4) is 0 Å². The first-order valence-corrected chi connectivity index (χ1v) is 7.39. The van der Waals surface area contributed by atoms with Gasteiger partial charge >= 0.3 is 5.97 Å². The fraction of sp³-hybridized carbons (Fsp3) is 0.857. The first-order chi connectivity index (χ1) is 9.54. The molecule has 6 nitrogen and oxygen atoms in total. The van der Waals surface area contributed by atoms with Gasteiger partial charge in [-0.25, -0.2) is 4.79 Å². The van der Waals surface area contributed by atoms with Crippen LogP contribution in [0, 0.1) is 5.92 Å². The molecule has 20 heavy (non-hydrogen) atoms. The van der Waals surface area contributed by atoms with Crippen molar-refractivity contribution in [1.29, 1.82) is 0 Å². The standard InChI is InChI=1S/C14H26N2O4/c1-3-10(2)13(14(18)19)16-12(17)6-9-20-11-4-7-15-8-5-11/h10-11,13,15H,3-9H2,1-2H3,(H,16,17)(H,18,19)/t10-,13-/m0/s1. The fourth-order valence-corrected chi connectivity index (χ4v) is 2.21. The number of nitrogens with one attached hydrogen (secondary N) is 2. The molecule has 0 spiro atoms. The maximum Gasteiger partial charge on any atom is 0.326 e. The predicted octanol–water partition coefficient (Wildman–Crippen LogP) is 0.761. The summed E-state index contributed by atoms with van der Waals surface area (Å²) in [4.78, 5) is 22.9. The summed E-state index contributed by atoms with van der Waals surface area (Å²) < 4.78 is 5.63. The van der Waals surface area contributed by atoms with Gasteiger partial charge in [0.15, 0.2) is 0 Å². The molecule has 1 aliphatic rings. The van der Waals surface area contributed by atoms with Crippen molar-refractivity contribution in [2.24, 2.45) is 5.92 Å². The minimum absolute atomic E-state index is 0.0817. The summed E-state index contributed by atoms with van der Waals surface area (Å²) >= 11 is 0. The number of carboxylic acids is 1. The molecule has 0 saturated carbocycles. The summed E-state index contributed by atoms with van der Waals surface area (Å²) in [6.45, 7) is 5.98. The molecule has 3 N–H and O–H groups in total. The van der Waals surface area contributed by atoms with E-state index in [1.54, 1.807) is 0 Å². The highest BCUT2D eigenvalue weighted by atomic mass is 16.5. The third kappa shape index (κ3) is 5.88. The van der Waals surface area contributed by atoms with Gasteiger partial charge in [-0.3, -0.25) is 4.79 Å². The predicted molar refractivity (Wildman–Crippen MR) is 75.5 cm³/mol. The lowest BCUT2D eigenvalue weighted by Crippen LogP contribution is -2.45. The lowest BCUT2D eigenvalue weighted by molar-refractivity contribution is -0.143. The zero-order chi connectivity index (χ0) is 15.0. The number of piperidine rings is 1. The number of ether oxygens (including phenoxy) is 1. The van der Waals surface area contributed by atoms with E-state index in [0.717, 1.165) is 25.9 Å². The summed E-state index contributed by atoms with van der Waals surface area (Å²) in [5, 5.41) is 14.9. The number of carboxylic acid groups (broad SMARTS) is 1. The Morgan fingerprint density at radius 2 is 2.05 bits per heavy atom. The molecule has 0 aromatic carbocycles. The summed E-state index contributed by atoms with van der Waals surface area (Å²) in [5.74, 6) is -1.32. The van der Waals surface area contributed by atoms with E-state index >= 15 is 0 Å². The summed E-state index contributed by atoms with van der Waals surface area (Å²) in [7, 11) is 0. The lowest BCUT2D eigenvalue weighted by atomic mass is 9.99. The number of aliphatic carboxylic acids is 1. The van der Waals surface area contributed by atoms with E-state index < -0.39 is 12.0 Å². The minimum Gasteiger partial charge on any atom is -0.480 e. The molecule has 0 bridgehead atoms. The maximum atomic E-state index is 11.8. The van der Waals surface area contributed by atoms with E-state index in [1.165, 1.54) is 0 Å². The molecule has 0 unspecified atom stereocenters. The van der Waals surface area contributed by atoms with Gasteiger partial charge in [0.2, 0.25) is 5.91 Å². The van der Waals surface area contributed by atoms with Crippen LogP contribution in [-0.4, -0.2) is 48.8 Å². The van der Waals surface area contributed by atoms with Crippen molar-refractivity contribution in [3.05, 3.63) is 0 Å². The van der Waals surface area contributed by atoms with E-state index in [2.05, 4.69) is 10.6 Å². The van der Waals surface area contributed by atoms with Gasteiger partial charge in [0, 0.05) is 6.42 Å². The van der Waals surface area contributed by atoms with Gasteiger partial charge in [0.25, 0.3) is 0 Å². The highest BCUT2D eigenvalue weighted by Gasteiger charge is 2.25. The molecule has 116 valence electrons. The molecular formula is C14H26N2O4. The van der Waals surface area contributed by atoms with Crippen molar-refractivity contribution in [1.82, 2.24) is 10.6 Å². The van der Waals surface area contributed by atoms with E-state index in [4.69, 9.17) is 9.84 Å². The lowest BCUT2D eigenvalue weighted by Gasteiger charge is -2.23. The van der Waals surface area contributed by atoms with E-state index in [1.807, 2.05) is 13.8 Å². The number of hydrogen-bond donors (Lipinski definition) is 3. The van der Waals surface area contributed by atoms with Crippen molar-refractivity contribution in [3.8, 4) is 0 Å². The van der Waals surface area contributed by atoms with Gasteiger partial charge in [0.05, 0.1) is 12.7 Å². The number of carbonyl (C=O) groups excluding carboxylic acids is 1. The van der Waals surface area contributed by atoms with Crippen LogP contribution in [-0.2, 0) is 14.3 Å². The average Bonchev–Trinajstić information content (AvgIpc) is 2.45. The Bertz CT molecular complexity index is 316. The van der Waals surface area contributed by atoms with Crippen LogP contribution < -0.4 is 10.6 Å². The third-order valence-corrected chi connectivity index (χ3v) is 3.76. The summed E-state index contributed by atoms with van der Waals surface area (Å²) in [6.07, 6.45) is 3.07. The van der Waals surface area contributed by atoms with Crippen LogP contribution in [0.1, 0.15) is 39.5 Å². The number of carbonyl (C=O) groups is 2. The van der Waals surface area contributed by atoms with Crippen molar-refractivity contribution in [3.63, 3.8) is 0 Å². The molecule has 1 rings (SSSR count). The monoisotopic (exact) mass is 286 g/mol. The zero-order valence-corrected chi connectivity index (χ0v) is 12.4. The Labute approximate surface area is 120 Å². The smallest absolute Gasteiger partial charge is 0.326 e. The topological polar surface area (TPSA) is 87.7 Å². The first-order valence-electron chi connectivity index (χ1n) is 7.39. The van der Waals surface area contributed by atoms with Gasteiger partial charge in [-0.1, -0.05) is 20.3 Å². The average molecular weight is 286 g/mol. The van der Waals surface area contributed by atoms with Crippen molar-refractivity contribution in [2.45, 2.75) is 51.7 Å². The van der Waals surface area contributed by atoms with Crippen molar-refractivity contribution in [2.75, 3.05) is 19.7 Å². The van der Waals surface area contributed by atoms with Crippen LogP contribution in [0.4, 0.5) is 0 Å². The fourth-order valence-electron chi connectivity index (χ4n) is 2.21. The van der Waals surface area contributed by atoms with Gasteiger partial charge in [-0.15, -0.1) is 0 Å². The van der Waals surface area contributed by atoms with Gasteiger partial charge in [0.1, 0.15) is 6.04 Å². The molecule has 1 fully saturated rings. The zero-order valence-electron chi connectivity index (χ0n) is 12.4. The van der Waals surface area contributed by atoms with Crippen LogP contribution in [0.15, 0.2) is 0 Å². The minimum atomic E-state index is -0.980. The highest BCUT2D eigenvalue weighted by Crippen LogP contribution is 2.09. The molecule has 0 aliphatic carbocycles. The normalized spacial score (nSPS) is 19.3.